The van der Waals surface area contributed by atoms with Gasteiger partial charge in [0.25, 0.3) is 11.8 Å². The summed E-state index contributed by atoms with van der Waals surface area (Å²) in [6.45, 7) is 7.21. The number of aromatic nitrogens is 3. The fourth-order valence-corrected chi connectivity index (χ4v) is 2.84. The van der Waals surface area contributed by atoms with Gasteiger partial charge in [0, 0.05) is 43.5 Å². The highest BCUT2D eigenvalue weighted by Crippen LogP contribution is 2.23. The van der Waals surface area contributed by atoms with Crippen LogP contribution in [0.2, 0.25) is 0 Å². The molecule has 0 radical (unpaired) electrons. The summed E-state index contributed by atoms with van der Waals surface area (Å²) in [6, 6.07) is 5.13. The highest BCUT2D eigenvalue weighted by Gasteiger charge is 2.34. The number of pyridine rings is 1. The average Bonchev–Trinajstić information content (AvgIpc) is 3.20. The molecule has 7 nitrogen and oxygen atoms in total. The maximum absolute atomic E-state index is 13.0. The molecular weight excluding hydrogens is 318 g/mol. The third kappa shape index (κ3) is 3.26. The monoisotopic (exact) mass is 341 g/mol. The Morgan fingerprint density at radius 3 is 2.20 bits per heavy atom. The van der Waals surface area contributed by atoms with Gasteiger partial charge in [-0.2, -0.15) is 5.10 Å². The second-order valence-corrected chi connectivity index (χ2v) is 7.23. The van der Waals surface area contributed by atoms with Gasteiger partial charge in [-0.1, -0.05) is 20.8 Å². The number of aryl methyl sites for hydroxylation is 1. The zero-order valence-corrected chi connectivity index (χ0v) is 15.1. The molecule has 2 amide bonds. The summed E-state index contributed by atoms with van der Waals surface area (Å²) in [6.07, 6.45) is 3.91. The molecule has 0 aromatic carbocycles. The first-order valence-electron chi connectivity index (χ1n) is 8.37. The van der Waals surface area contributed by atoms with Crippen LogP contribution >= 0.6 is 0 Å². The number of rotatable bonds is 2. The smallest absolute Gasteiger partial charge is 0.267 e. The molecule has 0 unspecified atom stereocenters. The van der Waals surface area contributed by atoms with Crippen LogP contribution in [0.25, 0.3) is 0 Å². The lowest BCUT2D eigenvalue weighted by Gasteiger charge is -2.27. The Balaban J connectivity index is 1.87. The number of carbonyl (C=O) groups excluding carboxylic acids is 2. The first-order valence-corrected chi connectivity index (χ1v) is 8.37. The number of hydrogen-bond donors (Lipinski definition) is 0. The molecule has 1 aliphatic heterocycles. The summed E-state index contributed by atoms with van der Waals surface area (Å²) in [4.78, 5) is 29.7. The number of hydrazine groups is 1. The Kier molecular flexibility index (Phi) is 4.32. The van der Waals surface area contributed by atoms with Crippen LogP contribution in [0.15, 0.2) is 30.6 Å². The van der Waals surface area contributed by atoms with E-state index >= 15 is 0 Å². The van der Waals surface area contributed by atoms with Crippen molar-refractivity contribution in [2.45, 2.75) is 32.6 Å². The summed E-state index contributed by atoms with van der Waals surface area (Å²) in [5, 5.41) is 7.50. The van der Waals surface area contributed by atoms with Gasteiger partial charge in [-0.3, -0.25) is 19.3 Å². The molecule has 1 aliphatic rings. The standard InChI is InChI=1S/C18H23N5O2/c1-18(2,3)15-12-14(21(4)20-15)17(25)23-11-5-10-22(23)16(24)13-6-8-19-9-7-13/h6-9,12H,5,10-11H2,1-4H3. The van der Waals surface area contributed by atoms with Gasteiger partial charge in [-0.25, -0.2) is 10.0 Å². The van der Waals surface area contributed by atoms with Crippen LogP contribution in [-0.2, 0) is 12.5 Å². The fraction of sp³-hybridized carbons (Fsp3) is 0.444. The molecule has 3 heterocycles. The predicted molar refractivity (Wildman–Crippen MR) is 92.8 cm³/mol. The highest BCUT2D eigenvalue weighted by atomic mass is 16.2. The molecule has 0 bridgehead atoms. The maximum atomic E-state index is 13.0. The highest BCUT2D eigenvalue weighted by molar-refractivity contribution is 5.98. The maximum Gasteiger partial charge on any atom is 0.290 e. The molecule has 2 aromatic rings. The van der Waals surface area contributed by atoms with E-state index in [4.69, 9.17) is 0 Å². The molecule has 0 spiro atoms. The molecule has 1 saturated heterocycles. The van der Waals surface area contributed by atoms with Gasteiger partial charge in [0.2, 0.25) is 0 Å². The van der Waals surface area contributed by atoms with E-state index in [0.717, 1.165) is 12.1 Å². The minimum absolute atomic E-state index is 0.145. The van der Waals surface area contributed by atoms with E-state index in [1.807, 2.05) is 6.07 Å². The lowest BCUT2D eigenvalue weighted by Crippen LogP contribution is -2.45. The lowest BCUT2D eigenvalue weighted by atomic mass is 9.92. The van der Waals surface area contributed by atoms with Crippen LogP contribution in [0.1, 0.15) is 53.7 Å². The molecular formula is C18H23N5O2. The van der Waals surface area contributed by atoms with Crippen LogP contribution in [-0.4, -0.2) is 49.7 Å². The molecule has 0 atom stereocenters. The molecule has 3 rings (SSSR count). The third-order valence-corrected chi connectivity index (χ3v) is 4.29. The van der Waals surface area contributed by atoms with Crippen LogP contribution in [0.4, 0.5) is 0 Å². The molecule has 0 aliphatic carbocycles. The van der Waals surface area contributed by atoms with Gasteiger partial charge in [0.1, 0.15) is 5.69 Å². The molecule has 1 fully saturated rings. The van der Waals surface area contributed by atoms with E-state index in [-0.39, 0.29) is 17.2 Å². The molecule has 0 N–H and O–H groups in total. The number of amides is 2. The summed E-state index contributed by atoms with van der Waals surface area (Å²) >= 11 is 0. The Morgan fingerprint density at radius 1 is 1.04 bits per heavy atom. The summed E-state index contributed by atoms with van der Waals surface area (Å²) < 4.78 is 1.59. The first kappa shape index (κ1) is 17.1. The topological polar surface area (TPSA) is 71.3 Å². The van der Waals surface area contributed by atoms with Crippen molar-refractivity contribution in [3.05, 3.63) is 47.5 Å². The fourth-order valence-electron chi connectivity index (χ4n) is 2.84. The van der Waals surface area contributed by atoms with Crippen molar-refractivity contribution in [2.75, 3.05) is 13.1 Å². The van der Waals surface area contributed by atoms with Gasteiger partial charge in [0.05, 0.1) is 5.69 Å². The van der Waals surface area contributed by atoms with E-state index in [2.05, 4.69) is 30.9 Å². The van der Waals surface area contributed by atoms with Crippen LogP contribution in [0.5, 0.6) is 0 Å². The SMILES string of the molecule is Cn1nc(C(C)(C)C)cc1C(=O)N1CCCN1C(=O)c1ccncc1. The average molecular weight is 341 g/mol. The van der Waals surface area contributed by atoms with Crippen LogP contribution in [0.3, 0.4) is 0 Å². The van der Waals surface area contributed by atoms with E-state index in [0.29, 0.717) is 24.3 Å². The Bertz CT molecular complexity index is 792. The molecule has 25 heavy (non-hydrogen) atoms. The minimum atomic E-state index is -0.203. The second kappa shape index (κ2) is 6.31. The van der Waals surface area contributed by atoms with Crippen molar-refractivity contribution in [2.24, 2.45) is 7.05 Å². The Hall–Kier alpha value is -2.70. The number of nitrogens with zero attached hydrogens (tertiary/aromatic N) is 5. The van der Waals surface area contributed by atoms with Crippen molar-refractivity contribution < 1.29 is 9.59 Å². The van der Waals surface area contributed by atoms with Crippen LogP contribution in [0, 0.1) is 0 Å². The molecule has 0 saturated carbocycles. The van der Waals surface area contributed by atoms with E-state index in [9.17, 15) is 9.59 Å². The zero-order valence-electron chi connectivity index (χ0n) is 15.1. The normalized spacial score (nSPS) is 14.9. The van der Waals surface area contributed by atoms with Crippen molar-refractivity contribution in [3.63, 3.8) is 0 Å². The second-order valence-electron chi connectivity index (χ2n) is 7.23. The molecule has 2 aromatic heterocycles. The molecule has 132 valence electrons. The summed E-state index contributed by atoms with van der Waals surface area (Å²) in [5.74, 6) is -0.392. The van der Waals surface area contributed by atoms with Crippen molar-refractivity contribution in [1.82, 2.24) is 24.8 Å². The third-order valence-electron chi connectivity index (χ3n) is 4.29. The predicted octanol–water partition coefficient (Wildman–Crippen LogP) is 2.02. The first-order chi connectivity index (χ1) is 11.8. The Labute approximate surface area is 147 Å². The van der Waals surface area contributed by atoms with Gasteiger partial charge in [0.15, 0.2) is 0 Å². The van der Waals surface area contributed by atoms with Gasteiger partial charge in [-0.15, -0.1) is 0 Å². The van der Waals surface area contributed by atoms with Crippen molar-refractivity contribution in [3.8, 4) is 0 Å². The summed E-state index contributed by atoms with van der Waals surface area (Å²) in [7, 11) is 1.76. The molecule has 7 heteroatoms. The number of hydrogen-bond acceptors (Lipinski definition) is 4. The minimum Gasteiger partial charge on any atom is -0.267 e. The van der Waals surface area contributed by atoms with Gasteiger partial charge in [-0.05, 0) is 24.6 Å². The largest absolute Gasteiger partial charge is 0.290 e. The number of carbonyl (C=O) groups is 2. The van der Waals surface area contributed by atoms with Gasteiger partial charge >= 0.3 is 0 Å². The van der Waals surface area contributed by atoms with Gasteiger partial charge < -0.3 is 0 Å². The quantitative estimate of drug-likeness (QED) is 0.838. The van der Waals surface area contributed by atoms with E-state index in [1.165, 1.54) is 10.0 Å². The lowest BCUT2D eigenvalue weighted by molar-refractivity contribution is 0.0179. The summed E-state index contributed by atoms with van der Waals surface area (Å²) in [5.41, 5.74) is 1.72. The van der Waals surface area contributed by atoms with Crippen LogP contribution < -0.4 is 0 Å². The Morgan fingerprint density at radius 2 is 1.64 bits per heavy atom. The van der Waals surface area contributed by atoms with E-state index in [1.54, 1.807) is 36.3 Å². The van der Waals surface area contributed by atoms with Crippen molar-refractivity contribution >= 4 is 11.8 Å². The van der Waals surface area contributed by atoms with Crippen molar-refractivity contribution in [1.29, 1.82) is 0 Å². The zero-order chi connectivity index (χ0) is 18.2. The van der Waals surface area contributed by atoms with E-state index < -0.39 is 0 Å².